The van der Waals surface area contributed by atoms with E-state index in [0.717, 1.165) is 18.9 Å². The highest BCUT2D eigenvalue weighted by Gasteiger charge is 2.24. The zero-order chi connectivity index (χ0) is 10.8. The molecule has 0 unspecified atom stereocenters. The summed E-state index contributed by atoms with van der Waals surface area (Å²) in [4.78, 5) is 10.4. The van der Waals surface area contributed by atoms with Crippen molar-refractivity contribution in [2.75, 3.05) is 18.0 Å². The molecule has 0 aromatic carbocycles. The van der Waals surface area contributed by atoms with Gasteiger partial charge in [0.15, 0.2) is 11.0 Å². The Balaban J connectivity index is 2.20. The third-order valence-corrected chi connectivity index (χ3v) is 2.62. The first kappa shape index (κ1) is 10.6. The monoisotopic (exact) mass is 227 g/mol. The largest absolute Gasteiger partial charge is 0.372 e. The van der Waals surface area contributed by atoms with Crippen molar-refractivity contribution in [3.63, 3.8) is 0 Å². The molecule has 1 aliphatic rings. The summed E-state index contributed by atoms with van der Waals surface area (Å²) in [7, 11) is 0. The fourth-order valence-corrected chi connectivity index (χ4v) is 2.10. The molecule has 2 rings (SSSR count). The van der Waals surface area contributed by atoms with Gasteiger partial charge in [0.05, 0.1) is 12.2 Å². The lowest BCUT2D eigenvalue weighted by atomic mass is 10.2. The molecule has 82 valence electrons. The molecule has 0 saturated carbocycles. The molecule has 0 amide bonds. The minimum atomic E-state index is 0.201. The highest BCUT2D eigenvalue weighted by atomic mass is 35.5. The van der Waals surface area contributed by atoms with Crippen LogP contribution in [0.2, 0.25) is 5.15 Å². The van der Waals surface area contributed by atoms with E-state index in [2.05, 4.69) is 14.9 Å². The van der Waals surface area contributed by atoms with Crippen molar-refractivity contribution in [1.29, 1.82) is 0 Å². The molecule has 1 aliphatic heterocycles. The summed E-state index contributed by atoms with van der Waals surface area (Å²) in [6.07, 6.45) is 3.66. The van der Waals surface area contributed by atoms with E-state index in [-0.39, 0.29) is 12.2 Å². The van der Waals surface area contributed by atoms with Crippen LogP contribution in [0.4, 0.5) is 5.82 Å². The highest BCUT2D eigenvalue weighted by molar-refractivity contribution is 6.31. The maximum atomic E-state index is 6.00. The average molecular weight is 228 g/mol. The molecule has 4 nitrogen and oxygen atoms in total. The predicted molar refractivity (Wildman–Crippen MR) is 59.3 cm³/mol. The summed E-state index contributed by atoms with van der Waals surface area (Å²) in [6, 6.07) is 0. The van der Waals surface area contributed by atoms with Crippen molar-refractivity contribution in [3.8, 4) is 0 Å². The van der Waals surface area contributed by atoms with Gasteiger partial charge in [-0.1, -0.05) is 11.6 Å². The van der Waals surface area contributed by atoms with Crippen LogP contribution in [0.3, 0.4) is 0 Å². The van der Waals surface area contributed by atoms with Crippen molar-refractivity contribution in [3.05, 3.63) is 17.5 Å². The van der Waals surface area contributed by atoms with Crippen molar-refractivity contribution >= 4 is 17.4 Å². The summed E-state index contributed by atoms with van der Waals surface area (Å²) < 4.78 is 5.64. The van der Waals surface area contributed by atoms with Gasteiger partial charge in [-0.2, -0.15) is 0 Å². The van der Waals surface area contributed by atoms with Gasteiger partial charge in [-0.25, -0.2) is 9.97 Å². The molecule has 1 fully saturated rings. The number of hydrogen-bond donors (Lipinski definition) is 0. The summed E-state index contributed by atoms with van der Waals surface area (Å²) in [5.74, 6) is 0.751. The van der Waals surface area contributed by atoms with Crippen LogP contribution < -0.4 is 4.90 Å². The Labute approximate surface area is 94.2 Å². The number of aromatic nitrogens is 2. The van der Waals surface area contributed by atoms with Crippen molar-refractivity contribution in [2.45, 2.75) is 26.1 Å². The molecule has 0 radical (unpaired) electrons. The quantitative estimate of drug-likeness (QED) is 0.733. The van der Waals surface area contributed by atoms with Crippen LogP contribution in [0.15, 0.2) is 12.4 Å². The number of halogens is 1. The van der Waals surface area contributed by atoms with Gasteiger partial charge in [0.25, 0.3) is 0 Å². The number of nitrogens with zero attached hydrogens (tertiary/aromatic N) is 3. The second-order valence-electron chi connectivity index (χ2n) is 3.83. The van der Waals surface area contributed by atoms with Gasteiger partial charge < -0.3 is 9.64 Å². The van der Waals surface area contributed by atoms with E-state index in [1.165, 1.54) is 0 Å². The fourth-order valence-electron chi connectivity index (χ4n) is 1.88. The van der Waals surface area contributed by atoms with E-state index in [1.807, 2.05) is 13.8 Å². The van der Waals surface area contributed by atoms with Gasteiger partial charge in [-0.15, -0.1) is 0 Å². The molecule has 0 bridgehead atoms. The lowest BCUT2D eigenvalue weighted by molar-refractivity contribution is -0.00546. The molecule has 2 heterocycles. The van der Waals surface area contributed by atoms with Crippen LogP contribution in [0.1, 0.15) is 13.8 Å². The van der Waals surface area contributed by atoms with Gasteiger partial charge in [0.1, 0.15) is 0 Å². The molecule has 0 spiro atoms. The molecular weight excluding hydrogens is 214 g/mol. The topological polar surface area (TPSA) is 38.2 Å². The molecule has 5 heteroatoms. The van der Waals surface area contributed by atoms with Crippen molar-refractivity contribution < 1.29 is 4.74 Å². The Morgan fingerprint density at radius 2 is 1.87 bits per heavy atom. The molecule has 1 saturated heterocycles. The van der Waals surface area contributed by atoms with E-state index in [4.69, 9.17) is 16.3 Å². The van der Waals surface area contributed by atoms with Gasteiger partial charge in [-0.05, 0) is 13.8 Å². The fraction of sp³-hybridized carbons (Fsp3) is 0.600. The van der Waals surface area contributed by atoms with Crippen molar-refractivity contribution in [1.82, 2.24) is 9.97 Å². The van der Waals surface area contributed by atoms with Crippen molar-refractivity contribution in [2.24, 2.45) is 0 Å². The minimum Gasteiger partial charge on any atom is -0.372 e. The summed E-state index contributed by atoms with van der Waals surface area (Å²) in [5, 5.41) is 0.457. The van der Waals surface area contributed by atoms with E-state index in [0.29, 0.717) is 5.15 Å². The number of morpholine rings is 1. The Morgan fingerprint density at radius 3 is 2.47 bits per heavy atom. The first-order valence-electron chi connectivity index (χ1n) is 5.03. The lowest BCUT2D eigenvalue weighted by Gasteiger charge is -2.36. The van der Waals surface area contributed by atoms with Gasteiger partial charge >= 0.3 is 0 Å². The summed E-state index contributed by atoms with van der Waals surface area (Å²) >= 11 is 6.00. The van der Waals surface area contributed by atoms with Crippen LogP contribution in [-0.4, -0.2) is 35.3 Å². The van der Waals surface area contributed by atoms with E-state index in [1.54, 1.807) is 12.4 Å². The first-order valence-corrected chi connectivity index (χ1v) is 5.41. The summed E-state index contributed by atoms with van der Waals surface area (Å²) in [5.41, 5.74) is 0. The van der Waals surface area contributed by atoms with Crippen LogP contribution >= 0.6 is 11.6 Å². The second-order valence-corrected chi connectivity index (χ2v) is 4.19. The molecule has 1 aromatic heterocycles. The maximum Gasteiger partial charge on any atom is 0.171 e. The Bertz CT molecular complexity index is 337. The Kier molecular flexibility index (Phi) is 3.07. The van der Waals surface area contributed by atoms with E-state index < -0.39 is 0 Å². The van der Waals surface area contributed by atoms with Gasteiger partial charge in [0, 0.05) is 25.5 Å². The minimum absolute atomic E-state index is 0.201. The highest BCUT2D eigenvalue weighted by Crippen LogP contribution is 2.23. The third kappa shape index (κ3) is 2.38. The lowest BCUT2D eigenvalue weighted by Crippen LogP contribution is -2.46. The third-order valence-electron chi connectivity index (χ3n) is 2.36. The number of rotatable bonds is 1. The van der Waals surface area contributed by atoms with Gasteiger partial charge in [-0.3, -0.25) is 0 Å². The van der Waals surface area contributed by atoms with E-state index >= 15 is 0 Å². The summed E-state index contributed by atoms with van der Waals surface area (Å²) in [6.45, 7) is 5.71. The standard InChI is InChI=1S/C10H14ClN3O/c1-7-5-14(6-8(2)15-7)10-9(11)12-3-4-13-10/h3-4,7-8H,5-6H2,1-2H3/t7-,8+. The second kappa shape index (κ2) is 4.33. The molecule has 0 aliphatic carbocycles. The van der Waals surface area contributed by atoms with Crippen LogP contribution in [-0.2, 0) is 4.74 Å². The maximum absolute atomic E-state index is 6.00. The zero-order valence-electron chi connectivity index (χ0n) is 8.85. The first-order chi connectivity index (χ1) is 7.16. The molecule has 2 atom stereocenters. The number of hydrogen-bond acceptors (Lipinski definition) is 4. The zero-order valence-corrected chi connectivity index (χ0v) is 9.61. The number of anilines is 1. The Hall–Kier alpha value is -0.870. The molecule has 15 heavy (non-hydrogen) atoms. The predicted octanol–water partition coefficient (Wildman–Crippen LogP) is 1.74. The van der Waals surface area contributed by atoms with Gasteiger partial charge in [0.2, 0.25) is 0 Å². The molecule has 0 N–H and O–H groups in total. The molecule has 1 aromatic rings. The Morgan fingerprint density at radius 1 is 1.27 bits per heavy atom. The smallest absolute Gasteiger partial charge is 0.171 e. The normalized spacial score (nSPS) is 26.7. The molecular formula is C10H14ClN3O. The average Bonchev–Trinajstić information content (AvgIpc) is 2.16. The van der Waals surface area contributed by atoms with Crippen LogP contribution in [0.25, 0.3) is 0 Å². The number of ether oxygens (including phenoxy) is 1. The van der Waals surface area contributed by atoms with Crippen LogP contribution in [0, 0.1) is 0 Å². The van der Waals surface area contributed by atoms with E-state index in [9.17, 15) is 0 Å². The van der Waals surface area contributed by atoms with Crippen LogP contribution in [0.5, 0.6) is 0 Å². The SMILES string of the molecule is C[C@@H]1CN(c2nccnc2Cl)C[C@H](C)O1.